The third kappa shape index (κ3) is 2.50. The summed E-state index contributed by atoms with van der Waals surface area (Å²) in [6.45, 7) is 4.35. The molecule has 0 spiro atoms. The summed E-state index contributed by atoms with van der Waals surface area (Å²) in [4.78, 5) is 26.6. The van der Waals surface area contributed by atoms with Gasteiger partial charge in [-0.1, -0.05) is 31.2 Å². The van der Waals surface area contributed by atoms with Crippen molar-refractivity contribution in [3.05, 3.63) is 47.5 Å². The van der Waals surface area contributed by atoms with Crippen LogP contribution in [0.5, 0.6) is 0 Å². The van der Waals surface area contributed by atoms with Crippen LogP contribution in [0.2, 0.25) is 0 Å². The topological polar surface area (TPSA) is 49.4 Å². The monoisotopic (exact) mass is 296 g/mol. The maximum atomic E-state index is 12.6. The Morgan fingerprint density at radius 1 is 0.955 bits per heavy atom. The van der Waals surface area contributed by atoms with Crippen molar-refractivity contribution in [3.63, 3.8) is 0 Å². The lowest BCUT2D eigenvalue weighted by Crippen LogP contribution is -2.41. The van der Waals surface area contributed by atoms with Crippen LogP contribution in [0.1, 0.15) is 40.5 Å². The van der Waals surface area contributed by atoms with E-state index in [4.69, 9.17) is 0 Å². The van der Waals surface area contributed by atoms with Gasteiger partial charge in [0.1, 0.15) is 0 Å². The van der Waals surface area contributed by atoms with E-state index in [0.717, 1.165) is 36.7 Å². The average molecular weight is 296 g/mol. The number of amides is 2. The van der Waals surface area contributed by atoms with Crippen molar-refractivity contribution in [2.45, 2.75) is 19.8 Å². The molecule has 1 heterocycles. The molecule has 0 aliphatic carbocycles. The average Bonchev–Trinajstić information content (AvgIpc) is 2.55. The fourth-order valence-corrected chi connectivity index (χ4v) is 2.95. The zero-order chi connectivity index (χ0) is 15.5. The van der Waals surface area contributed by atoms with Crippen LogP contribution in [-0.4, -0.2) is 36.3 Å². The van der Waals surface area contributed by atoms with Crippen LogP contribution in [0, 0.1) is 0 Å². The maximum Gasteiger partial charge on any atom is 0.261 e. The van der Waals surface area contributed by atoms with Gasteiger partial charge in [0.15, 0.2) is 0 Å². The first-order chi connectivity index (χ1) is 10.7. The van der Waals surface area contributed by atoms with Crippen molar-refractivity contribution in [2.24, 2.45) is 0 Å². The third-order valence-corrected chi connectivity index (χ3v) is 4.02. The molecule has 0 radical (unpaired) electrons. The molecule has 2 aromatic rings. The van der Waals surface area contributed by atoms with Crippen LogP contribution in [0.15, 0.2) is 36.4 Å². The molecule has 3 rings (SSSR count). The molecule has 0 saturated carbocycles. The van der Waals surface area contributed by atoms with Crippen molar-refractivity contribution in [1.29, 1.82) is 0 Å². The number of carbonyl (C=O) groups excluding carboxylic acids is 2. The lowest BCUT2D eigenvalue weighted by atomic mass is 9.94. The van der Waals surface area contributed by atoms with Crippen LogP contribution in [0.4, 0.5) is 0 Å². The van der Waals surface area contributed by atoms with Gasteiger partial charge < -0.3 is 5.32 Å². The van der Waals surface area contributed by atoms with Crippen LogP contribution in [0.25, 0.3) is 10.8 Å². The van der Waals surface area contributed by atoms with Gasteiger partial charge in [-0.05, 0) is 43.5 Å². The quantitative estimate of drug-likeness (QED) is 0.659. The Balaban J connectivity index is 1.85. The van der Waals surface area contributed by atoms with Crippen LogP contribution in [-0.2, 0) is 0 Å². The second-order valence-corrected chi connectivity index (χ2v) is 5.57. The highest BCUT2D eigenvalue weighted by Gasteiger charge is 2.31. The molecule has 1 aliphatic rings. The Morgan fingerprint density at radius 2 is 1.59 bits per heavy atom. The van der Waals surface area contributed by atoms with Gasteiger partial charge in [-0.15, -0.1) is 0 Å². The van der Waals surface area contributed by atoms with Crippen molar-refractivity contribution in [1.82, 2.24) is 10.2 Å². The first kappa shape index (κ1) is 14.7. The number of benzene rings is 2. The first-order valence-electron chi connectivity index (χ1n) is 7.82. The molecule has 114 valence electrons. The van der Waals surface area contributed by atoms with Gasteiger partial charge in [0.2, 0.25) is 0 Å². The minimum absolute atomic E-state index is 0.176. The molecule has 1 aliphatic heterocycles. The van der Waals surface area contributed by atoms with Crippen molar-refractivity contribution >= 4 is 22.6 Å². The van der Waals surface area contributed by atoms with Crippen molar-refractivity contribution < 1.29 is 9.59 Å². The summed E-state index contributed by atoms with van der Waals surface area (Å²) in [5.41, 5.74) is 1.27. The first-order valence-corrected chi connectivity index (χ1v) is 7.82. The molecule has 22 heavy (non-hydrogen) atoms. The van der Waals surface area contributed by atoms with E-state index in [9.17, 15) is 9.59 Å². The molecule has 0 unspecified atom stereocenters. The van der Waals surface area contributed by atoms with Gasteiger partial charge in [-0.3, -0.25) is 14.5 Å². The summed E-state index contributed by atoms with van der Waals surface area (Å²) in [5, 5.41) is 5.03. The number of imide groups is 1. The standard InChI is InChI=1S/C18H20N2O2/c1-2-10-19-11-5-12-20-17(21)14-8-3-6-13-7-4-9-15(16(13)14)18(20)22/h3-4,6-9,19H,2,5,10-12H2,1H3. The summed E-state index contributed by atoms with van der Waals surface area (Å²) < 4.78 is 0. The molecule has 0 saturated heterocycles. The smallest absolute Gasteiger partial charge is 0.261 e. The Kier molecular flexibility index (Phi) is 4.20. The molecular formula is C18H20N2O2. The number of carbonyl (C=O) groups is 2. The highest BCUT2D eigenvalue weighted by molar-refractivity contribution is 6.25. The second kappa shape index (κ2) is 6.28. The Hall–Kier alpha value is -2.20. The zero-order valence-electron chi connectivity index (χ0n) is 12.8. The number of nitrogens with one attached hydrogen (secondary N) is 1. The molecule has 4 nitrogen and oxygen atoms in total. The summed E-state index contributed by atoms with van der Waals surface area (Å²) in [6.07, 6.45) is 1.85. The second-order valence-electron chi connectivity index (χ2n) is 5.57. The fraction of sp³-hybridized carbons (Fsp3) is 0.333. The minimum Gasteiger partial charge on any atom is -0.317 e. The third-order valence-electron chi connectivity index (χ3n) is 4.02. The Bertz CT molecular complexity index is 673. The van der Waals surface area contributed by atoms with Crippen LogP contribution >= 0.6 is 0 Å². The molecule has 1 N–H and O–H groups in total. The number of hydrogen-bond acceptors (Lipinski definition) is 3. The lowest BCUT2D eigenvalue weighted by Gasteiger charge is -2.27. The molecule has 2 amide bonds. The zero-order valence-corrected chi connectivity index (χ0v) is 12.8. The van der Waals surface area contributed by atoms with Crippen molar-refractivity contribution in [3.8, 4) is 0 Å². The van der Waals surface area contributed by atoms with Gasteiger partial charge in [0.25, 0.3) is 11.8 Å². The van der Waals surface area contributed by atoms with E-state index in [1.807, 2.05) is 36.4 Å². The normalized spacial score (nSPS) is 14.0. The minimum atomic E-state index is -0.176. The summed E-state index contributed by atoms with van der Waals surface area (Å²) in [6, 6.07) is 11.2. The van der Waals surface area contributed by atoms with E-state index in [2.05, 4.69) is 12.2 Å². The Labute approximate surface area is 130 Å². The molecular weight excluding hydrogens is 276 g/mol. The van der Waals surface area contributed by atoms with Gasteiger partial charge in [0.05, 0.1) is 0 Å². The fourth-order valence-electron chi connectivity index (χ4n) is 2.95. The Morgan fingerprint density at radius 3 is 2.18 bits per heavy atom. The summed E-state index contributed by atoms with van der Waals surface area (Å²) >= 11 is 0. The van der Waals surface area contributed by atoms with Crippen molar-refractivity contribution in [2.75, 3.05) is 19.6 Å². The largest absolute Gasteiger partial charge is 0.317 e. The number of rotatable bonds is 6. The SMILES string of the molecule is CCCNCCCN1C(=O)c2cccc3cccc(c23)C1=O. The van der Waals surface area contributed by atoms with E-state index in [-0.39, 0.29) is 11.8 Å². The van der Waals surface area contributed by atoms with E-state index >= 15 is 0 Å². The van der Waals surface area contributed by atoms with Gasteiger partial charge in [0, 0.05) is 23.1 Å². The number of hydrogen-bond donors (Lipinski definition) is 1. The van der Waals surface area contributed by atoms with E-state index in [1.165, 1.54) is 4.90 Å². The van der Waals surface area contributed by atoms with E-state index in [1.54, 1.807) is 0 Å². The number of nitrogens with zero attached hydrogens (tertiary/aromatic N) is 1. The highest BCUT2D eigenvalue weighted by atomic mass is 16.2. The van der Waals surface area contributed by atoms with Crippen LogP contribution < -0.4 is 5.32 Å². The van der Waals surface area contributed by atoms with E-state index in [0.29, 0.717) is 17.7 Å². The summed E-state index contributed by atoms with van der Waals surface area (Å²) in [5.74, 6) is -0.352. The molecule has 0 bridgehead atoms. The molecule has 0 atom stereocenters. The molecule has 0 aromatic heterocycles. The molecule has 2 aromatic carbocycles. The lowest BCUT2D eigenvalue weighted by molar-refractivity contribution is 0.0609. The van der Waals surface area contributed by atoms with E-state index < -0.39 is 0 Å². The molecule has 4 heteroatoms. The molecule has 0 fully saturated rings. The predicted octanol–water partition coefficient (Wildman–Crippen LogP) is 2.83. The van der Waals surface area contributed by atoms with Gasteiger partial charge >= 0.3 is 0 Å². The summed E-state index contributed by atoms with van der Waals surface area (Å²) in [7, 11) is 0. The van der Waals surface area contributed by atoms with Gasteiger partial charge in [-0.25, -0.2) is 0 Å². The predicted molar refractivity (Wildman–Crippen MR) is 87.1 cm³/mol. The highest BCUT2D eigenvalue weighted by Crippen LogP contribution is 2.29. The van der Waals surface area contributed by atoms with Crippen LogP contribution in [0.3, 0.4) is 0 Å². The van der Waals surface area contributed by atoms with Gasteiger partial charge in [-0.2, -0.15) is 0 Å². The maximum absolute atomic E-state index is 12.6.